The van der Waals surface area contributed by atoms with Crippen LogP contribution in [0.3, 0.4) is 0 Å². The van der Waals surface area contributed by atoms with Crippen molar-refractivity contribution in [3.8, 4) is 5.69 Å². The van der Waals surface area contributed by atoms with Crippen LogP contribution in [0, 0.1) is 6.92 Å². The van der Waals surface area contributed by atoms with E-state index in [4.69, 9.17) is 0 Å². The second-order valence-corrected chi connectivity index (χ2v) is 4.93. The highest BCUT2D eigenvalue weighted by molar-refractivity contribution is 7.14. The third kappa shape index (κ3) is 1.59. The van der Waals surface area contributed by atoms with Gasteiger partial charge in [0, 0.05) is 0 Å². The summed E-state index contributed by atoms with van der Waals surface area (Å²) in [5.74, 6) is 0. The Hall–Kier alpha value is -1.87. The highest BCUT2D eigenvalue weighted by atomic mass is 32.1. The number of rotatable bonds is 1. The van der Waals surface area contributed by atoms with Gasteiger partial charge in [-0.1, -0.05) is 41.9 Å². The number of aromatic nitrogens is 1. The fourth-order valence-electron chi connectivity index (χ4n) is 1.92. The van der Waals surface area contributed by atoms with Crippen LogP contribution in [0.25, 0.3) is 15.8 Å². The molecule has 0 fully saturated rings. The third-order valence-corrected chi connectivity index (χ3v) is 4.08. The van der Waals surface area contributed by atoms with Gasteiger partial charge >= 0.3 is 0 Å². The standard InChI is InChI=1S/C14H11NOS/c1-10-6-5-9-12-13(10)17-15(14(12)16)11-7-3-2-4-8-11/h2-9H,1H3. The number of nitrogens with zero attached hydrogens (tertiary/aromatic N) is 1. The van der Waals surface area contributed by atoms with E-state index in [1.165, 1.54) is 11.5 Å². The molecule has 84 valence electrons. The van der Waals surface area contributed by atoms with E-state index in [9.17, 15) is 4.79 Å². The van der Waals surface area contributed by atoms with Crippen LogP contribution in [-0.2, 0) is 0 Å². The molecule has 0 saturated carbocycles. The zero-order chi connectivity index (χ0) is 11.8. The lowest BCUT2D eigenvalue weighted by atomic mass is 10.2. The Kier molecular flexibility index (Phi) is 2.34. The van der Waals surface area contributed by atoms with E-state index in [-0.39, 0.29) is 5.56 Å². The van der Waals surface area contributed by atoms with Gasteiger partial charge < -0.3 is 0 Å². The van der Waals surface area contributed by atoms with Crippen LogP contribution in [0.4, 0.5) is 0 Å². The molecule has 17 heavy (non-hydrogen) atoms. The molecule has 0 N–H and O–H groups in total. The highest BCUT2D eigenvalue weighted by Gasteiger charge is 2.09. The molecule has 0 atom stereocenters. The van der Waals surface area contributed by atoms with E-state index in [1.807, 2.05) is 55.5 Å². The quantitative estimate of drug-likeness (QED) is 0.640. The van der Waals surface area contributed by atoms with Crippen LogP contribution in [-0.4, -0.2) is 3.96 Å². The summed E-state index contributed by atoms with van der Waals surface area (Å²) in [5.41, 5.74) is 2.15. The van der Waals surface area contributed by atoms with Gasteiger partial charge in [-0.05, 0) is 30.7 Å². The molecule has 0 aliphatic rings. The zero-order valence-electron chi connectivity index (χ0n) is 9.38. The smallest absolute Gasteiger partial charge is 0.267 e. The number of fused-ring (bicyclic) bond motifs is 1. The molecule has 0 aliphatic carbocycles. The van der Waals surface area contributed by atoms with Crippen molar-refractivity contribution in [3.63, 3.8) is 0 Å². The van der Waals surface area contributed by atoms with Crippen molar-refractivity contribution in [1.82, 2.24) is 3.96 Å². The molecule has 0 amide bonds. The Morgan fingerprint density at radius 3 is 2.47 bits per heavy atom. The van der Waals surface area contributed by atoms with E-state index in [1.54, 1.807) is 3.96 Å². The van der Waals surface area contributed by atoms with Gasteiger partial charge in [0.1, 0.15) is 0 Å². The van der Waals surface area contributed by atoms with E-state index >= 15 is 0 Å². The SMILES string of the molecule is Cc1cccc2c(=O)n(-c3ccccc3)sc12. The Morgan fingerprint density at radius 2 is 1.76 bits per heavy atom. The minimum atomic E-state index is 0.0694. The number of para-hydroxylation sites is 1. The summed E-state index contributed by atoms with van der Waals surface area (Å²) in [6.07, 6.45) is 0. The first kappa shape index (κ1) is 10.3. The molecule has 1 heterocycles. The maximum absolute atomic E-state index is 12.3. The zero-order valence-corrected chi connectivity index (χ0v) is 10.2. The van der Waals surface area contributed by atoms with Crippen LogP contribution >= 0.6 is 11.5 Å². The second-order valence-electron chi connectivity index (χ2n) is 3.98. The van der Waals surface area contributed by atoms with Crippen molar-refractivity contribution in [2.75, 3.05) is 0 Å². The molecule has 3 rings (SSSR count). The number of hydrogen-bond acceptors (Lipinski definition) is 2. The first-order valence-electron chi connectivity index (χ1n) is 5.44. The van der Waals surface area contributed by atoms with Crippen LogP contribution in [0.2, 0.25) is 0 Å². The fraction of sp³-hybridized carbons (Fsp3) is 0.0714. The summed E-state index contributed by atoms with van der Waals surface area (Å²) >= 11 is 1.51. The molecule has 0 spiro atoms. The van der Waals surface area contributed by atoms with Crippen LogP contribution in [0.5, 0.6) is 0 Å². The normalized spacial score (nSPS) is 10.9. The average Bonchev–Trinajstić information content (AvgIpc) is 2.70. The molecule has 0 saturated heterocycles. The molecular formula is C14H11NOS. The van der Waals surface area contributed by atoms with Crippen molar-refractivity contribution in [1.29, 1.82) is 0 Å². The van der Waals surface area contributed by atoms with E-state index in [0.29, 0.717) is 0 Å². The van der Waals surface area contributed by atoms with Crippen molar-refractivity contribution >= 4 is 21.6 Å². The van der Waals surface area contributed by atoms with Gasteiger partial charge in [-0.3, -0.25) is 4.79 Å². The summed E-state index contributed by atoms with van der Waals surface area (Å²) in [6, 6.07) is 15.6. The van der Waals surface area contributed by atoms with Gasteiger partial charge in [0.05, 0.1) is 15.8 Å². The first-order valence-corrected chi connectivity index (χ1v) is 6.22. The Bertz CT molecular complexity index is 725. The van der Waals surface area contributed by atoms with Crippen molar-refractivity contribution in [2.45, 2.75) is 6.92 Å². The Morgan fingerprint density at radius 1 is 1.00 bits per heavy atom. The van der Waals surface area contributed by atoms with E-state index < -0.39 is 0 Å². The maximum atomic E-state index is 12.3. The highest BCUT2D eigenvalue weighted by Crippen LogP contribution is 2.23. The number of benzene rings is 2. The van der Waals surface area contributed by atoms with Crippen molar-refractivity contribution in [2.24, 2.45) is 0 Å². The molecule has 2 aromatic carbocycles. The summed E-state index contributed by atoms with van der Waals surface area (Å²) in [7, 11) is 0. The van der Waals surface area contributed by atoms with Gasteiger partial charge in [0.25, 0.3) is 5.56 Å². The van der Waals surface area contributed by atoms with Gasteiger partial charge in [-0.2, -0.15) is 0 Å². The predicted molar refractivity (Wildman–Crippen MR) is 72.2 cm³/mol. The summed E-state index contributed by atoms with van der Waals surface area (Å²) < 4.78 is 2.82. The minimum absolute atomic E-state index is 0.0694. The Labute approximate surface area is 103 Å². The average molecular weight is 241 g/mol. The van der Waals surface area contributed by atoms with Gasteiger partial charge in [0.15, 0.2) is 0 Å². The molecule has 2 nitrogen and oxygen atoms in total. The molecule has 3 aromatic rings. The molecule has 0 bridgehead atoms. The molecule has 0 radical (unpaired) electrons. The van der Waals surface area contributed by atoms with Crippen molar-refractivity contribution in [3.05, 3.63) is 64.4 Å². The lowest BCUT2D eigenvalue weighted by molar-refractivity contribution is 1.14. The minimum Gasteiger partial charge on any atom is -0.267 e. The number of hydrogen-bond donors (Lipinski definition) is 0. The molecule has 0 aliphatic heterocycles. The first-order chi connectivity index (χ1) is 8.27. The monoisotopic (exact) mass is 241 g/mol. The van der Waals surface area contributed by atoms with E-state index in [0.717, 1.165) is 21.3 Å². The molecule has 0 unspecified atom stereocenters. The molecule has 1 aromatic heterocycles. The molecule has 3 heteroatoms. The topological polar surface area (TPSA) is 22.0 Å². The third-order valence-electron chi connectivity index (χ3n) is 2.80. The van der Waals surface area contributed by atoms with Crippen LogP contribution < -0.4 is 5.56 Å². The fourth-order valence-corrected chi connectivity index (χ4v) is 2.97. The lowest BCUT2D eigenvalue weighted by Gasteiger charge is -1.97. The second kappa shape index (κ2) is 3.86. The van der Waals surface area contributed by atoms with Gasteiger partial charge in [0.2, 0.25) is 0 Å². The van der Waals surface area contributed by atoms with Crippen LogP contribution in [0.1, 0.15) is 5.56 Å². The summed E-state index contributed by atoms with van der Waals surface area (Å²) in [4.78, 5) is 12.3. The lowest BCUT2D eigenvalue weighted by Crippen LogP contribution is -2.10. The summed E-state index contributed by atoms with van der Waals surface area (Å²) in [6.45, 7) is 2.04. The van der Waals surface area contributed by atoms with Gasteiger partial charge in [-0.15, -0.1) is 0 Å². The van der Waals surface area contributed by atoms with Crippen LogP contribution in [0.15, 0.2) is 53.3 Å². The Balaban J connectivity index is 2.37. The predicted octanol–water partition coefficient (Wildman–Crippen LogP) is 3.36. The maximum Gasteiger partial charge on any atom is 0.273 e. The van der Waals surface area contributed by atoms with Crippen molar-refractivity contribution < 1.29 is 0 Å². The molecular weight excluding hydrogens is 230 g/mol. The van der Waals surface area contributed by atoms with Gasteiger partial charge in [-0.25, -0.2) is 3.96 Å². The summed E-state index contributed by atoms with van der Waals surface area (Å²) in [5, 5.41) is 0.804. The van der Waals surface area contributed by atoms with E-state index in [2.05, 4.69) is 0 Å². The largest absolute Gasteiger partial charge is 0.273 e. The number of aryl methyl sites for hydroxylation is 1.